The summed E-state index contributed by atoms with van der Waals surface area (Å²) in [6.45, 7) is 3.86. The number of hydrogen-bond acceptors (Lipinski definition) is 8. The quantitative estimate of drug-likeness (QED) is 0.0347. The number of phosphoric acid groups is 1. The molecule has 2 atom stereocenters. The molecule has 526 valence electrons. The minimum absolute atomic E-state index is 0.0590. The molecule has 0 aromatic rings. The van der Waals surface area contributed by atoms with Crippen molar-refractivity contribution in [2.45, 2.75) is 463 Å². The first-order valence-corrected chi connectivity index (χ1v) is 41.5. The van der Waals surface area contributed by atoms with Gasteiger partial charge in [-0.2, -0.15) is 0 Å². The average Bonchev–Trinajstić information content (AvgIpc) is 3.60. The highest BCUT2D eigenvalue weighted by Crippen LogP contribution is 2.43. The van der Waals surface area contributed by atoms with Gasteiger partial charge in [-0.25, -0.2) is 4.57 Å². The lowest BCUT2D eigenvalue weighted by atomic mass is 10.0. The maximum Gasteiger partial charge on any atom is 0.472 e. The lowest BCUT2D eigenvalue weighted by Gasteiger charge is -2.19. The zero-order valence-electron chi connectivity index (χ0n) is 59.5. The van der Waals surface area contributed by atoms with Crippen LogP contribution in [-0.2, 0) is 32.7 Å². The van der Waals surface area contributed by atoms with E-state index in [1.54, 1.807) is 0 Å². The SMILES string of the molecule is CCCCCCCCCCCCCCCCCCCCCCCCCCCCCCCCCCCCCCCC(=O)OC(COC(=O)CCCCCCCCCCCCCCCCCCCCCCCCCCCCCCCC)COP(=O)(O)OCCN. The van der Waals surface area contributed by atoms with Crippen molar-refractivity contribution in [1.82, 2.24) is 0 Å². The molecule has 2 unspecified atom stereocenters. The minimum Gasteiger partial charge on any atom is -0.462 e. The molecule has 10 heteroatoms. The van der Waals surface area contributed by atoms with Crippen LogP contribution in [0.5, 0.6) is 0 Å². The Morgan fingerprint density at radius 1 is 0.295 bits per heavy atom. The van der Waals surface area contributed by atoms with Gasteiger partial charge in [0.05, 0.1) is 13.2 Å². The zero-order chi connectivity index (χ0) is 63.7. The summed E-state index contributed by atoms with van der Waals surface area (Å²) in [6, 6.07) is 0. The highest BCUT2D eigenvalue weighted by atomic mass is 31.2. The fraction of sp³-hybridized carbons (Fsp3) is 0.974. The molecule has 9 nitrogen and oxygen atoms in total. The van der Waals surface area contributed by atoms with Crippen molar-refractivity contribution in [1.29, 1.82) is 0 Å². The van der Waals surface area contributed by atoms with Crippen LogP contribution in [0, 0.1) is 0 Å². The van der Waals surface area contributed by atoms with Crippen LogP contribution >= 0.6 is 7.82 Å². The lowest BCUT2D eigenvalue weighted by molar-refractivity contribution is -0.161. The fourth-order valence-electron chi connectivity index (χ4n) is 12.8. The number of esters is 2. The molecule has 0 aliphatic rings. The molecule has 0 rings (SSSR count). The van der Waals surface area contributed by atoms with Gasteiger partial charge in [0.2, 0.25) is 0 Å². The molecule has 3 N–H and O–H groups in total. The van der Waals surface area contributed by atoms with E-state index in [4.69, 9.17) is 24.3 Å². The second kappa shape index (κ2) is 75.0. The second-order valence-electron chi connectivity index (χ2n) is 27.7. The Balaban J connectivity index is 3.72. The molecule has 0 aromatic carbocycles. The number of carbonyl (C=O) groups excluding carboxylic acids is 2. The first-order valence-electron chi connectivity index (χ1n) is 40.0. The average molecular weight is 1270 g/mol. The van der Waals surface area contributed by atoms with E-state index in [-0.39, 0.29) is 32.1 Å². The number of rotatable bonds is 78. The molecule has 0 bridgehead atoms. The Labute approximate surface area is 549 Å². The van der Waals surface area contributed by atoms with Gasteiger partial charge < -0.3 is 20.1 Å². The number of carbonyl (C=O) groups is 2. The maximum absolute atomic E-state index is 12.8. The third kappa shape index (κ3) is 74.1. The molecule has 0 heterocycles. The second-order valence-corrected chi connectivity index (χ2v) is 29.1. The van der Waals surface area contributed by atoms with Gasteiger partial charge >= 0.3 is 19.8 Å². The topological polar surface area (TPSA) is 134 Å². The van der Waals surface area contributed by atoms with Crippen molar-refractivity contribution in [3.8, 4) is 0 Å². The lowest BCUT2D eigenvalue weighted by Crippen LogP contribution is -2.29. The summed E-state index contributed by atoms with van der Waals surface area (Å²) in [7, 11) is -4.39. The zero-order valence-corrected chi connectivity index (χ0v) is 60.4. The van der Waals surface area contributed by atoms with Crippen molar-refractivity contribution >= 4 is 19.8 Å². The van der Waals surface area contributed by atoms with E-state index in [0.717, 1.165) is 32.1 Å². The Morgan fingerprint density at radius 2 is 0.489 bits per heavy atom. The molecule has 88 heavy (non-hydrogen) atoms. The summed E-state index contributed by atoms with van der Waals surface area (Å²) in [6.07, 6.45) is 91.2. The van der Waals surface area contributed by atoms with Crippen LogP contribution in [0.2, 0.25) is 0 Å². The van der Waals surface area contributed by atoms with Crippen LogP contribution in [0.3, 0.4) is 0 Å². The summed E-state index contributed by atoms with van der Waals surface area (Å²) in [5, 5.41) is 0. The van der Waals surface area contributed by atoms with E-state index in [1.165, 1.54) is 392 Å². The minimum atomic E-state index is -4.39. The van der Waals surface area contributed by atoms with Gasteiger partial charge in [-0.3, -0.25) is 18.6 Å². The molecule has 0 aromatic heterocycles. The van der Waals surface area contributed by atoms with Crippen LogP contribution in [0.15, 0.2) is 0 Å². The number of ether oxygens (including phenoxy) is 2. The summed E-state index contributed by atoms with van der Waals surface area (Å²) >= 11 is 0. The molecule has 0 amide bonds. The van der Waals surface area contributed by atoms with Crippen molar-refractivity contribution in [2.75, 3.05) is 26.4 Å². The van der Waals surface area contributed by atoms with Crippen molar-refractivity contribution in [3.63, 3.8) is 0 Å². The molecule has 0 radical (unpaired) electrons. The fourth-order valence-corrected chi connectivity index (χ4v) is 13.6. The van der Waals surface area contributed by atoms with Gasteiger partial charge in [0.15, 0.2) is 6.10 Å². The van der Waals surface area contributed by atoms with E-state index < -0.39 is 26.5 Å². The van der Waals surface area contributed by atoms with Crippen molar-refractivity contribution in [3.05, 3.63) is 0 Å². The van der Waals surface area contributed by atoms with E-state index in [2.05, 4.69) is 13.8 Å². The van der Waals surface area contributed by atoms with Crippen molar-refractivity contribution in [2.24, 2.45) is 5.73 Å². The van der Waals surface area contributed by atoms with E-state index >= 15 is 0 Å². The van der Waals surface area contributed by atoms with Crippen LogP contribution in [0.25, 0.3) is 0 Å². The first kappa shape index (κ1) is 87.0. The van der Waals surface area contributed by atoms with Crippen LogP contribution in [0.1, 0.15) is 457 Å². The van der Waals surface area contributed by atoms with Gasteiger partial charge in [0, 0.05) is 19.4 Å². The summed E-state index contributed by atoms with van der Waals surface area (Å²) < 4.78 is 33.3. The Kier molecular flexibility index (Phi) is 74.2. The van der Waals surface area contributed by atoms with Gasteiger partial charge in [-0.1, -0.05) is 431 Å². The van der Waals surface area contributed by atoms with Crippen molar-refractivity contribution < 1.29 is 37.6 Å². The summed E-state index contributed by atoms with van der Waals surface area (Å²) in [5.74, 6) is -0.794. The normalized spacial score (nSPS) is 12.7. The van der Waals surface area contributed by atoms with E-state index in [9.17, 15) is 19.0 Å². The van der Waals surface area contributed by atoms with Gasteiger partial charge in [0.25, 0.3) is 0 Å². The largest absolute Gasteiger partial charge is 0.472 e. The highest BCUT2D eigenvalue weighted by molar-refractivity contribution is 7.47. The maximum atomic E-state index is 12.8. The Morgan fingerprint density at radius 3 is 0.693 bits per heavy atom. The third-order valence-electron chi connectivity index (χ3n) is 18.7. The molecular weight excluding hydrogens is 1110 g/mol. The van der Waals surface area contributed by atoms with Crippen LogP contribution < -0.4 is 5.73 Å². The monoisotopic (exact) mass is 1270 g/mol. The van der Waals surface area contributed by atoms with Crippen LogP contribution in [0.4, 0.5) is 0 Å². The van der Waals surface area contributed by atoms with E-state index in [1.807, 2.05) is 0 Å². The predicted molar refractivity (Wildman–Crippen MR) is 382 cm³/mol. The summed E-state index contributed by atoms with van der Waals surface area (Å²) in [4.78, 5) is 35.4. The summed E-state index contributed by atoms with van der Waals surface area (Å²) in [5.41, 5.74) is 5.42. The third-order valence-corrected chi connectivity index (χ3v) is 19.7. The van der Waals surface area contributed by atoms with Crippen LogP contribution in [-0.4, -0.2) is 49.3 Å². The molecule has 0 saturated heterocycles. The number of nitrogens with two attached hydrogens (primary N) is 1. The molecule has 0 aliphatic carbocycles. The number of phosphoric ester groups is 1. The standard InChI is InChI=1S/C78H156NO8P/c1-3-5-7-9-11-13-15-17-19-21-23-25-27-29-31-33-35-36-37-38-39-40-41-43-45-47-49-51-53-55-57-59-61-63-65-67-69-71-78(81)87-76(75-86-88(82,83)85-73-72-79)74-84-77(80)70-68-66-64-62-60-58-56-54-52-50-48-46-44-42-34-32-30-28-26-24-22-20-18-16-14-12-10-8-6-4-2/h76H,3-75,79H2,1-2H3,(H,82,83). The smallest absolute Gasteiger partial charge is 0.462 e. The molecule has 0 aliphatic heterocycles. The molecule has 0 fully saturated rings. The van der Waals surface area contributed by atoms with Gasteiger partial charge in [-0.05, 0) is 12.8 Å². The first-order chi connectivity index (χ1) is 43.3. The van der Waals surface area contributed by atoms with Gasteiger partial charge in [0.1, 0.15) is 6.61 Å². The highest BCUT2D eigenvalue weighted by Gasteiger charge is 2.26. The Bertz CT molecular complexity index is 1400. The molecule has 0 spiro atoms. The number of unbranched alkanes of at least 4 members (excludes halogenated alkanes) is 65. The molecule has 0 saturated carbocycles. The molecular formula is C78H156NO8P. The Hall–Kier alpha value is -0.990. The number of hydrogen-bond donors (Lipinski definition) is 2. The van der Waals surface area contributed by atoms with Gasteiger partial charge in [-0.15, -0.1) is 0 Å². The predicted octanol–water partition coefficient (Wildman–Crippen LogP) is 26.5. The van der Waals surface area contributed by atoms with E-state index in [0.29, 0.717) is 12.8 Å².